The molecule has 0 aliphatic carbocycles. The Bertz CT molecular complexity index is 232. The number of carboxylic acids is 1. The second-order valence-corrected chi connectivity index (χ2v) is 3.32. The zero-order valence-corrected chi connectivity index (χ0v) is 9.56. The lowest BCUT2D eigenvalue weighted by molar-refractivity contribution is -0.141. The van der Waals surface area contributed by atoms with Crippen LogP contribution in [-0.2, 0) is 9.53 Å². The highest BCUT2D eigenvalue weighted by atomic mass is 16.5. The third-order valence-electron chi connectivity index (χ3n) is 2.20. The maximum Gasteiger partial charge on any atom is 0.326 e. The summed E-state index contributed by atoms with van der Waals surface area (Å²) in [5.41, 5.74) is 0. The Morgan fingerprint density at radius 1 is 1.40 bits per heavy atom. The highest BCUT2D eigenvalue weighted by Crippen LogP contribution is 2.00. The summed E-state index contributed by atoms with van der Waals surface area (Å²) in [6.07, 6.45) is 0. The first-order valence-corrected chi connectivity index (χ1v) is 4.61. The molecule has 1 N–H and O–H groups in total. The van der Waals surface area contributed by atoms with Crippen LogP contribution in [0.25, 0.3) is 0 Å². The minimum atomic E-state index is -1.02. The molecule has 88 valence electrons. The summed E-state index contributed by atoms with van der Waals surface area (Å²) in [5, 5.41) is 8.72. The number of carbonyl (C=O) groups excluding carboxylic acids is 1. The summed E-state index contributed by atoms with van der Waals surface area (Å²) < 4.78 is 4.82. The van der Waals surface area contributed by atoms with Gasteiger partial charge in [0.1, 0.15) is 6.04 Å². The Kier molecular flexibility index (Phi) is 5.69. The van der Waals surface area contributed by atoms with Crippen molar-refractivity contribution in [2.75, 3.05) is 34.4 Å². The van der Waals surface area contributed by atoms with Crippen molar-refractivity contribution in [3.8, 4) is 0 Å². The molecular formula is C9H18N2O4. The number of aliphatic carboxylic acids is 1. The van der Waals surface area contributed by atoms with E-state index in [-0.39, 0.29) is 6.03 Å². The summed E-state index contributed by atoms with van der Waals surface area (Å²) in [5.74, 6) is -1.02. The molecule has 1 unspecified atom stereocenters. The van der Waals surface area contributed by atoms with Crippen LogP contribution in [0.1, 0.15) is 6.92 Å². The maximum absolute atomic E-state index is 11.6. The van der Waals surface area contributed by atoms with Gasteiger partial charge in [-0.25, -0.2) is 9.59 Å². The Morgan fingerprint density at radius 2 is 1.93 bits per heavy atom. The lowest BCUT2D eigenvalue weighted by Crippen LogP contribution is -2.47. The number of hydrogen-bond acceptors (Lipinski definition) is 3. The third kappa shape index (κ3) is 4.16. The summed E-state index contributed by atoms with van der Waals surface area (Å²) >= 11 is 0. The third-order valence-corrected chi connectivity index (χ3v) is 2.20. The van der Waals surface area contributed by atoms with Gasteiger partial charge in [0, 0.05) is 27.7 Å². The normalized spacial score (nSPS) is 12.0. The Labute approximate surface area is 89.4 Å². The van der Waals surface area contributed by atoms with Gasteiger partial charge < -0.3 is 19.6 Å². The van der Waals surface area contributed by atoms with Crippen LogP contribution in [0.15, 0.2) is 0 Å². The Hall–Kier alpha value is -1.30. The van der Waals surface area contributed by atoms with E-state index in [1.807, 2.05) is 0 Å². The molecule has 0 aromatic heterocycles. The van der Waals surface area contributed by atoms with Gasteiger partial charge in [-0.1, -0.05) is 0 Å². The number of ether oxygens (including phenoxy) is 1. The van der Waals surface area contributed by atoms with Crippen molar-refractivity contribution in [3.63, 3.8) is 0 Å². The van der Waals surface area contributed by atoms with Crippen LogP contribution in [0.5, 0.6) is 0 Å². The summed E-state index contributed by atoms with van der Waals surface area (Å²) in [6, 6.07) is -1.16. The van der Waals surface area contributed by atoms with Crippen molar-refractivity contribution in [2.45, 2.75) is 13.0 Å². The molecular weight excluding hydrogens is 200 g/mol. The fourth-order valence-corrected chi connectivity index (χ4v) is 0.924. The number of amides is 2. The van der Waals surface area contributed by atoms with Crippen LogP contribution in [0, 0.1) is 0 Å². The van der Waals surface area contributed by atoms with Crippen molar-refractivity contribution in [2.24, 2.45) is 0 Å². The minimum absolute atomic E-state index is 0.332. The summed E-state index contributed by atoms with van der Waals surface area (Å²) in [7, 11) is 4.61. The average Bonchev–Trinajstić information content (AvgIpc) is 2.22. The number of carboxylic acid groups (broad SMARTS) is 1. The molecule has 2 amide bonds. The van der Waals surface area contributed by atoms with E-state index >= 15 is 0 Å². The number of carbonyl (C=O) groups is 2. The monoisotopic (exact) mass is 218 g/mol. The quantitative estimate of drug-likeness (QED) is 0.710. The smallest absolute Gasteiger partial charge is 0.326 e. The van der Waals surface area contributed by atoms with Crippen LogP contribution in [-0.4, -0.2) is 67.3 Å². The van der Waals surface area contributed by atoms with Gasteiger partial charge in [-0.2, -0.15) is 0 Å². The van der Waals surface area contributed by atoms with Crippen molar-refractivity contribution in [3.05, 3.63) is 0 Å². The zero-order valence-electron chi connectivity index (χ0n) is 9.56. The molecule has 0 spiro atoms. The van der Waals surface area contributed by atoms with Gasteiger partial charge in [-0.05, 0) is 6.92 Å². The number of likely N-dealkylation sites (N-methyl/N-ethyl adjacent to an activating group) is 2. The van der Waals surface area contributed by atoms with Crippen LogP contribution < -0.4 is 0 Å². The molecule has 0 saturated carbocycles. The molecule has 6 nitrogen and oxygen atoms in total. The first-order chi connectivity index (χ1) is 6.91. The first-order valence-electron chi connectivity index (χ1n) is 4.61. The van der Waals surface area contributed by atoms with Crippen molar-refractivity contribution >= 4 is 12.0 Å². The van der Waals surface area contributed by atoms with E-state index in [0.717, 1.165) is 0 Å². The van der Waals surface area contributed by atoms with Crippen molar-refractivity contribution in [1.82, 2.24) is 9.80 Å². The molecule has 0 aromatic rings. The Morgan fingerprint density at radius 3 is 2.33 bits per heavy atom. The Balaban J connectivity index is 4.24. The number of rotatable bonds is 5. The molecule has 0 heterocycles. The van der Waals surface area contributed by atoms with Gasteiger partial charge in [0.05, 0.1) is 6.61 Å². The van der Waals surface area contributed by atoms with E-state index in [1.54, 1.807) is 14.2 Å². The van der Waals surface area contributed by atoms with E-state index in [9.17, 15) is 9.59 Å². The molecule has 6 heteroatoms. The number of nitrogens with zero attached hydrogens (tertiary/aromatic N) is 2. The van der Waals surface area contributed by atoms with Crippen molar-refractivity contribution < 1.29 is 19.4 Å². The van der Waals surface area contributed by atoms with E-state index in [1.165, 1.54) is 23.8 Å². The number of hydrogen-bond donors (Lipinski definition) is 1. The first kappa shape index (κ1) is 13.7. The SMILES string of the molecule is COCCN(C)C(=O)N(C)C(C)C(=O)O. The topological polar surface area (TPSA) is 70.1 Å². The maximum atomic E-state index is 11.6. The molecule has 0 aromatic carbocycles. The predicted octanol–water partition coefficient (Wildman–Crippen LogP) is 0.0895. The fraction of sp³-hybridized carbons (Fsp3) is 0.778. The van der Waals surface area contributed by atoms with E-state index in [0.29, 0.717) is 13.2 Å². The van der Waals surface area contributed by atoms with Gasteiger partial charge in [0.2, 0.25) is 0 Å². The number of methoxy groups -OCH3 is 1. The summed E-state index contributed by atoms with van der Waals surface area (Å²) in [4.78, 5) is 24.9. The van der Waals surface area contributed by atoms with E-state index < -0.39 is 12.0 Å². The average molecular weight is 218 g/mol. The molecule has 1 atom stereocenters. The lowest BCUT2D eigenvalue weighted by atomic mass is 10.3. The molecule has 15 heavy (non-hydrogen) atoms. The molecule has 0 rings (SSSR count). The molecule has 0 radical (unpaired) electrons. The molecule has 0 fully saturated rings. The van der Waals surface area contributed by atoms with Crippen molar-refractivity contribution in [1.29, 1.82) is 0 Å². The van der Waals surface area contributed by atoms with Gasteiger partial charge in [-0.3, -0.25) is 0 Å². The van der Waals surface area contributed by atoms with Crippen LogP contribution in [0.2, 0.25) is 0 Å². The van der Waals surface area contributed by atoms with Crippen LogP contribution >= 0.6 is 0 Å². The van der Waals surface area contributed by atoms with Gasteiger partial charge in [-0.15, -0.1) is 0 Å². The number of urea groups is 1. The highest BCUT2D eigenvalue weighted by molar-refractivity contribution is 5.82. The van der Waals surface area contributed by atoms with Gasteiger partial charge in [0.15, 0.2) is 0 Å². The zero-order chi connectivity index (χ0) is 12.0. The predicted molar refractivity (Wildman–Crippen MR) is 54.8 cm³/mol. The molecule has 0 aliphatic heterocycles. The molecule has 0 saturated heterocycles. The highest BCUT2D eigenvalue weighted by Gasteiger charge is 2.23. The van der Waals surface area contributed by atoms with E-state index in [4.69, 9.17) is 9.84 Å². The second kappa shape index (κ2) is 6.23. The van der Waals surface area contributed by atoms with Crippen LogP contribution in [0.3, 0.4) is 0 Å². The van der Waals surface area contributed by atoms with Gasteiger partial charge in [0.25, 0.3) is 0 Å². The standard InChI is InChI=1S/C9H18N2O4/c1-7(8(12)13)11(3)9(14)10(2)5-6-15-4/h7H,5-6H2,1-4H3,(H,12,13). The van der Waals surface area contributed by atoms with Gasteiger partial charge >= 0.3 is 12.0 Å². The van der Waals surface area contributed by atoms with E-state index in [2.05, 4.69) is 0 Å². The van der Waals surface area contributed by atoms with Crippen LogP contribution in [0.4, 0.5) is 4.79 Å². The summed E-state index contributed by atoms with van der Waals surface area (Å²) in [6.45, 7) is 2.33. The minimum Gasteiger partial charge on any atom is -0.480 e. The molecule has 0 aliphatic rings. The second-order valence-electron chi connectivity index (χ2n) is 3.32. The fourth-order valence-electron chi connectivity index (χ4n) is 0.924. The lowest BCUT2D eigenvalue weighted by Gasteiger charge is -2.27. The molecule has 0 bridgehead atoms. The largest absolute Gasteiger partial charge is 0.480 e.